The van der Waals surface area contributed by atoms with Crippen LogP contribution < -0.4 is 0 Å². The Bertz CT molecular complexity index is 376. The number of hydrogen-bond donors (Lipinski definition) is 0. The van der Waals surface area contributed by atoms with Crippen LogP contribution in [0, 0.1) is 5.41 Å². The number of hydrogen-bond acceptors (Lipinski definition) is 2. The second-order valence-corrected chi connectivity index (χ2v) is 4.97. The monoisotopic (exact) mass is 218 g/mol. The van der Waals surface area contributed by atoms with Gasteiger partial charge in [-0.15, -0.1) is 0 Å². The third kappa shape index (κ3) is 2.16. The van der Waals surface area contributed by atoms with E-state index < -0.39 is 0 Å². The summed E-state index contributed by atoms with van der Waals surface area (Å²) in [6, 6.07) is 0. The molecule has 1 atom stereocenters. The van der Waals surface area contributed by atoms with E-state index in [-0.39, 0.29) is 17.0 Å². The number of fused-ring (bicyclic) bond motifs is 1. The fraction of sp³-hybridized carbons (Fsp3) is 0.571. The van der Waals surface area contributed by atoms with Crippen molar-refractivity contribution in [2.24, 2.45) is 5.41 Å². The summed E-state index contributed by atoms with van der Waals surface area (Å²) in [6.45, 7) is 1.64. The largest absolute Gasteiger partial charge is 0.300 e. The van der Waals surface area contributed by atoms with Gasteiger partial charge < -0.3 is 4.79 Å². The third-order valence-corrected chi connectivity index (χ3v) is 3.76. The van der Waals surface area contributed by atoms with E-state index in [1.807, 2.05) is 6.08 Å². The lowest BCUT2D eigenvalue weighted by Crippen LogP contribution is -2.28. The molecular formula is C14H18O2. The van der Waals surface area contributed by atoms with Crippen LogP contribution in [0.5, 0.6) is 0 Å². The summed E-state index contributed by atoms with van der Waals surface area (Å²) >= 11 is 0. The first-order valence-electron chi connectivity index (χ1n) is 6.06. The van der Waals surface area contributed by atoms with Gasteiger partial charge in [-0.25, -0.2) is 0 Å². The van der Waals surface area contributed by atoms with Gasteiger partial charge in [0, 0.05) is 11.8 Å². The second-order valence-electron chi connectivity index (χ2n) is 4.97. The SMILES string of the molecule is CC(=O)CCC12C=CC(=O)C=C1CCCC2. The van der Waals surface area contributed by atoms with E-state index in [1.54, 1.807) is 19.1 Å². The average molecular weight is 218 g/mol. The fourth-order valence-corrected chi connectivity index (χ4v) is 2.80. The normalized spacial score (nSPS) is 28.6. The highest BCUT2D eigenvalue weighted by Crippen LogP contribution is 2.47. The van der Waals surface area contributed by atoms with Crippen molar-refractivity contribution in [1.29, 1.82) is 0 Å². The van der Waals surface area contributed by atoms with E-state index in [9.17, 15) is 9.59 Å². The maximum absolute atomic E-state index is 11.4. The zero-order chi connectivity index (χ0) is 11.6. The van der Waals surface area contributed by atoms with Crippen LogP contribution in [0.25, 0.3) is 0 Å². The lowest BCUT2D eigenvalue weighted by Gasteiger charge is -2.39. The number of rotatable bonds is 3. The Labute approximate surface area is 96.4 Å². The lowest BCUT2D eigenvalue weighted by molar-refractivity contribution is -0.117. The Morgan fingerprint density at radius 2 is 2.25 bits per heavy atom. The number of carbonyl (C=O) groups is 2. The molecule has 86 valence electrons. The molecule has 1 fully saturated rings. The highest BCUT2D eigenvalue weighted by molar-refractivity contribution is 6.01. The van der Waals surface area contributed by atoms with Crippen molar-refractivity contribution < 1.29 is 9.59 Å². The molecule has 2 rings (SSSR count). The maximum atomic E-state index is 11.4. The zero-order valence-corrected chi connectivity index (χ0v) is 9.79. The molecule has 2 nitrogen and oxygen atoms in total. The minimum Gasteiger partial charge on any atom is -0.300 e. The van der Waals surface area contributed by atoms with Gasteiger partial charge in [-0.05, 0) is 44.8 Å². The molecule has 0 heterocycles. The Morgan fingerprint density at radius 3 is 3.00 bits per heavy atom. The third-order valence-electron chi connectivity index (χ3n) is 3.76. The quantitative estimate of drug-likeness (QED) is 0.729. The zero-order valence-electron chi connectivity index (χ0n) is 9.79. The van der Waals surface area contributed by atoms with Crippen molar-refractivity contribution in [1.82, 2.24) is 0 Å². The van der Waals surface area contributed by atoms with Crippen LogP contribution in [0.15, 0.2) is 23.8 Å². The van der Waals surface area contributed by atoms with Crippen LogP contribution in [-0.4, -0.2) is 11.6 Å². The molecule has 0 N–H and O–H groups in total. The van der Waals surface area contributed by atoms with E-state index in [0.717, 1.165) is 19.3 Å². The van der Waals surface area contributed by atoms with Crippen LogP contribution in [0.2, 0.25) is 0 Å². The van der Waals surface area contributed by atoms with Gasteiger partial charge in [-0.2, -0.15) is 0 Å². The summed E-state index contributed by atoms with van der Waals surface area (Å²) in [5.74, 6) is 0.347. The molecule has 0 spiro atoms. The minimum atomic E-state index is 0.0256. The molecule has 1 unspecified atom stereocenters. The van der Waals surface area contributed by atoms with Gasteiger partial charge in [0.2, 0.25) is 0 Å². The van der Waals surface area contributed by atoms with Gasteiger partial charge in [-0.3, -0.25) is 4.79 Å². The molecule has 16 heavy (non-hydrogen) atoms. The van der Waals surface area contributed by atoms with Crippen molar-refractivity contribution in [3.8, 4) is 0 Å². The summed E-state index contributed by atoms with van der Waals surface area (Å²) in [6.07, 6.45) is 11.5. The van der Waals surface area contributed by atoms with Crippen molar-refractivity contribution in [2.75, 3.05) is 0 Å². The molecule has 2 heteroatoms. The van der Waals surface area contributed by atoms with Crippen molar-refractivity contribution in [3.05, 3.63) is 23.8 Å². The summed E-state index contributed by atoms with van der Waals surface area (Å²) in [4.78, 5) is 22.5. The highest BCUT2D eigenvalue weighted by Gasteiger charge is 2.35. The van der Waals surface area contributed by atoms with Gasteiger partial charge in [-0.1, -0.05) is 18.1 Å². The molecule has 0 amide bonds. The van der Waals surface area contributed by atoms with Gasteiger partial charge >= 0.3 is 0 Å². The smallest absolute Gasteiger partial charge is 0.178 e. The summed E-state index contributed by atoms with van der Waals surface area (Å²) in [5, 5.41) is 0. The number of ketones is 2. The number of Topliss-reactive ketones (excluding diaryl/α,β-unsaturated/α-hetero) is 1. The molecule has 0 saturated heterocycles. The van der Waals surface area contributed by atoms with E-state index in [2.05, 4.69) is 0 Å². The predicted octanol–water partition coefficient (Wildman–Crippen LogP) is 2.98. The topological polar surface area (TPSA) is 34.1 Å². The Balaban J connectivity index is 2.20. The molecular weight excluding hydrogens is 200 g/mol. The first kappa shape index (κ1) is 11.3. The van der Waals surface area contributed by atoms with Crippen molar-refractivity contribution in [3.63, 3.8) is 0 Å². The molecule has 0 aromatic rings. The van der Waals surface area contributed by atoms with Crippen LogP contribution in [0.1, 0.15) is 45.4 Å². The maximum Gasteiger partial charge on any atom is 0.178 e. The van der Waals surface area contributed by atoms with Gasteiger partial charge in [0.15, 0.2) is 5.78 Å². The van der Waals surface area contributed by atoms with E-state index in [4.69, 9.17) is 0 Å². The predicted molar refractivity (Wildman–Crippen MR) is 63.0 cm³/mol. The minimum absolute atomic E-state index is 0.0256. The molecule has 0 aromatic heterocycles. The molecule has 1 saturated carbocycles. The Morgan fingerprint density at radius 1 is 1.44 bits per heavy atom. The second kappa shape index (κ2) is 4.36. The van der Waals surface area contributed by atoms with E-state index >= 15 is 0 Å². The molecule has 0 aliphatic heterocycles. The number of allylic oxidation sites excluding steroid dienone is 4. The van der Waals surface area contributed by atoms with Gasteiger partial charge in [0.1, 0.15) is 5.78 Å². The van der Waals surface area contributed by atoms with Crippen LogP contribution in [0.3, 0.4) is 0 Å². The molecule has 2 aliphatic carbocycles. The number of carbonyl (C=O) groups excluding carboxylic acids is 2. The van der Waals surface area contributed by atoms with Crippen LogP contribution in [-0.2, 0) is 9.59 Å². The fourth-order valence-electron chi connectivity index (χ4n) is 2.80. The van der Waals surface area contributed by atoms with E-state index in [1.165, 1.54) is 18.4 Å². The summed E-state index contributed by atoms with van der Waals surface area (Å²) in [7, 11) is 0. The lowest BCUT2D eigenvalue weighted by atomic mass is 9.65. The van der Waals surface area contributed by atoms with E-state index in [0.29, 0.717) is 6.42 Å². The summed E-state index contributed by atoms with van der Waals surface area (Å²) in [5.41, 5.74) is 1.28. The first-order valence-corrected chi connectivity index (χ1v) is 6.06. The van der Waals surface area contributed by atoms with Crippen molar-refractivity contribution in [2.45, 2.75) is 45.4 Å². The molecule has 2 aliphatic rings. The van der Waals surface area contributed by atoms with Crippen molar-refractivity contribution >= 4 is 11.6 Å². The van der Waals surface area contributed by atoms with Crippen LogP contribution >= 0.6 is 0 Å². The molecule has 0 aromatic carbocycles. The average Bonchev–Trinajstić information content (AvgIpc) is 2.27. The van der Waals surface area contributed by atoms with Gasteiger partial charge in [0.25, 0.3) is 0 Å². The molecule has 0 radical (unpaired) electrons. The van der Waals surface area contributed by atoms with Gasteiger partial charge in [0.05, 0.1) is 0 Å². The standard InChI is InChI=1S/C14H18O2/c1-11(15)5-8-14-7-3-2-4-12(14)10-13(16)6-9-14/h6,9-10H,2-5,7-8H2,1H3. The highest BCUT2D eigenvalue weighted by atomic mass is 16.1. The Kier molecular flexibility index (Phi) is 3.08. The summed E-state index contributed by atoms with van der Waals surface area (Å²) < 4.78 is 0. The Hall–Kier alpha value is -1.18. The molecule has 0 bridgehead atoms. The van der Waals surface area contributed by atoms with Crippen LogP contribution in [0.4, 0.5) is 0 Å². The first-order chi connectivity index (χ1) is 7.62.